The van der Waals surface area contributed by atoms with Crippen LogP contribution in [0.5, 0.6) is 0 Å². The monoisotopic (exact) mass is 469 g/mol. The van der Waals surface area contributed by atoms with Gasteiger partial charge in [-0.05, 0) is 39.0 Å². The van der Waals surface area contributed by atoms with E-state index in [1.165, 1.54) is 11.3 Å². The van der Waals surface area contributed by atoms with Crippen molar-refractivity contribution in [2.45, 2.75) is 84.5 Å². The number of aliphatic hydroxyl groups excluding tert-OH is 1. The van der Waals surface area contributed by atoms with Crippen LogP contribution in [0.15, 0.2) is 0 Å². The van der Waals surface area contributed by atoms with Gasteiger partial charge in [0.2, 0.25) is 11.8 Å². The Morgan fingerprint density at radius 3 is 2.34 bits per heavy atom. The summed E-state index contributed by atoms with van der Waals surface area (Å²) in [6, 6.07) is -0.853. The van der Waals surface area contributed by atoms with Gasteiger partial charge in [0.15, 0.2) is 0 Å². The normalized spacial score (nSPS) is 22.2. The predicted octanol–water partition coefficient (Wildman–Crippen LogP) is 1.94. The van der Waals surface area contributed by atoms with Gasteiger partial charge >= 0.3 is 0 Å². The number of rotatable bonds is 7. The van der Waals surface area contributed by atoms with Crippen molar-refractivity contribution >= 4 is 24.2 Å². The van der Waals surface area contributed by atoms with Crippen LogP contribution in [-0.2, 0) is 23.2 Å². The van der Waals surface area contributed by atoms with Gasteiger partial charge in [-0.1, -0.05) is 27.2 Å². The van der Waals surface area contributed by atoms with Crippen LogP contribution >= 0.6 is 12.4 Å². The van der Waals surface area contributed by atoms with Crippen LogP contribution in [0.4, 0.5) is 0 Å². The molecule has 1 spiro atoms. The number of hydrogen-bond acceptors (Lipinski definition) is 5. The maximum Gasteiger partial charge on any atom is 0.248 e. The van der Waals surface area contributed by atoms with Crippen LogP contribution in [0.3, 0.4) is 0 Å². The van der Waals surface area contributed by atoms with E-state index in [1.807, 2.05) is 32.5 Å². The highest BCUT2D eigenvalue weighted by molar-refractivity contribution is 6.00. The first-order valence-corrected chi connectivity index (χ1v) is 11.6. The first-order chi connectivity index (χ1) is 14.6. The molecule has 2 fully saturated rings. The molecule has 0 aliphatic carbocycles. The number of unbranched alkanes of at least 4 members (excludes halogenated alkanes) is 1. The van der Waals surface area contributed by atoms with E-state index in [0.29, 0.717) is 19.4 Å². The summed E-state index contributed by atoms with van der Waals surface area (Å²) in [5, 5.41) is 18.0. The van der Waals surface area contributed by atoms with Gasteiger partial charge in [0.1, 0.15) is 11.6 Å². The van der Waals surface area contributed by atoms with Gasteiger partial charge in [-0.2, -0.15) is 5.10 Å². The largest absolute Gasteiger partial charge is 0.390 e. The summed E-state index contributed by atoms with van der Waals surface area (Å²) >= 11 is 0. The second-order valence-corrected chi connectivity index (χ2v) is 9.61. The molecule has 182 valence electrons. The van der Waals surface area contributed by atoms with E-state index >= 15 is 0 Å². The van der Waals surface area contributed by atoms with Crippen LogP contribution < -0.4 is 5.32 Å². The number of aliphatic hydroxyl groups is 1. The molecule has 2 aliphatic heterocycles. The third-order valence-electron chi connectivity index (χ3n) is 7.24. The van der Waals surface area contributed by atoms with Gasteiger partial charge in [-0.3, -0.25) is 19.2 Å². The number of carbonyl (C=O) groups excluding carboxylic acids is 2. The number of carbonyl (C=O) groups is 2. The molecule has 2 amide bonds. The van der Waals surface area contributed by atoms with Crippen molar-refractivity contribution in [1.29, 1.82) is 0 Å². The first-order valence-electron chi connectivity index (χ1n) is 11.6. The molecule has 3 rings (SSSR count). The fourth-order valence-electron chi connectivity index (χ4n) is 4.94. The molecular formula is C23H40ClN5O3. The number of hydrogen-bond donors (Lipinski definition) is 2. The quantitative estimate of drug-likeness (QED) is 0.636. The molecule has 0 aromatic carbocycles. The van der Waals surface area contributed by atoms with Crippen LogP contribution in [0.1, 0.15) is 63.4 Å². The Bertz CT molecular complexity index is 817. The van der Waals surface area contributed by atoms with Gasteiger partial charge in [-0.15, -0.1) is 12.4 Å². The molecule has 0 bridgehead atoms. The molecule has 2 aliphatic rings. The summed E-state index contributed by atoms with van der Waals surface area (Å²) < 4.78 is 1.91. The lowest BCUT2D eigenvalue weighted by Crippen LogP contribution is -2.74. The Morgan fingerprint density at radius 1 is 1.22 bits per heavy atom. The zero-order valence-corrected chi connectivity index (χ0v) is 21.2. The van der Waals surface area contributed by atoms with E-state index in [2.05, 4.69) is 29.2 Å². The highest BCUT2D eigenvalue weighted by Gasteiger charge is 2.54. The summed E-state index contributed by atoms with van der Waals surface area (Å²) in [6.07, 6.45) is 2.14. The molecular weight excluding hydrogens is 430 g/mol. The van der Waals surface area contributed by atoms with Crippen molar-refractivity contribution < 1.29 is 14.7 Å². The molecule has 1 aromatic heterocycles. The highest BCUT2D eigenvalue weighted by atomic mass is 35.5. The zero-order valence-electron chi connectivity index (χ0n) is 20.3. The second kappa shape index (κ2) is 10.5. The van der Waals surface area contributed by atoms with Crippen molar-refractivity contribution in [2.24, 2.45) is 13.0 Å². The summed E-state index contributed by atoms with van der Waals surface area (Å²) in [5.41, 5.74) is 2.64. The standard InChI is InChI=1S/C23H39N5O3.ClH/c1-7-8-11-28-21(30)19(20(29)15(2)3)24-22(31)23(28)9-12-27(13-10-23)14-18-16(4)25-26(6)17(18)5;/h15,19-20,29H,7-14H2,1-6H3,(H,24,31);1H/t19-,20-;/m1./s1. The fourth-order valence-corrected chi connectivity index (χ4v) is 4.94. The van der Waals surface area contributed by atoms with E-state index < -0.39 is 17.7 Å². The number of nitrogens with one attached hydrogen (secondary N) is 1. The molecule has 0 radical (unpaired) electrons. The van der Waals surface area contributed by atoms with Crippen molar-refractivity contribution in [2.75, 3.05) is 19.6 Å². The van der Waals surface area contributed by atoms with Crippen LogP contribution in [0, 0.1) is 19.8 Å². The summed E-state index contributed by atoms with van der Waals surface area (Å²) in [4.78, 5) is 30.9. The van der Waals surface area contributed by atoms with Crippen LogP contribution in [0.2, 0.25) is 0 Å². The van der Waals surface area contributed by atoms with Crippen molar-refractivity contribution in [3.63, 3.8) is 0 Å². The minimum absolute atomic E-state index is 0. The van der Waals surface area contributed by atoms with Crippen molar-refractivity contribution in [1.82, 2.24) is 24.9 Å². The van der Waals surface area contributed by atoms with Crippen molar-refractivity contribution in [3.8, 4) is 0 Å². The number of piperazine rings is 1. The van der Waals surface area contributed by atoms with Gasteiger partial charge < -0.3 is 15.3 Å². The first kappa shape index (κ1) is 26.6. The highest BCUT2D eigenvalue weighted by Crippen LogP contribution is 2.35. The molecule has 0 saturated carbocycles. The lowest BCUT2D eigenvalue weighted by molar-refractivity contribution is -0.165. The SMILES string of the molecule is CCCCN1C(=O)[C@@H]([C@H](O)C(C)C)NC(=O)C12CCN(Cc1c(C)nn(C)c1C)CC2.Cl. The third-order valence-corrected chi connectivity index (χ3v) is 7.24. The van der Waals surface area contributed by atoms with Gasteiger partial charge in [0.25, 0.3) is 0 Å². The topological polar surface area (TPSA) is 90.7 Å². The molecule has 2 saturated heterocycles. The Kier molecular flexibility index (Phi) is 8.76. The smallest absolute Gasteiger partial charge is 0.248 e. The maximum absolute atomic E-state index is 13.4. The molecule has 2 atom stereocenters. The van der Waals surface area contributed by atoms with E-state index in [0.717, 1.165) is 38.2 Å². The molecule has 3 heterocycles. The van der Waals surface area contributed by atoms with E-state index in [9.17, 15) is 14.7 Å². The number of likely N-dealkylation sites (tertiary alicyclic amines) is 1. The fraction of sp³-hybridized carbons (Fsp3) is 0.783. The molecule has 32 heavy (non-hydrogen) atoms. The van der Waals surface area contributed by atoms with Gasteiger partial charge in [0, 0.05) is 44.5 Å². The van der Waals surface area contributed by atoms with Crippen LogP contribution in [0.25, 0.3) is 0 Å². The van der Waals surface area contributed by atoms with E-state index in [4.69, 9.17) is 0 Å². The average Bonchev–Trinajstić information content (AvgIpc) is 2.97. The third kappa shape index (κ3) is 4.82. The molecule has 1 aromatic rings. The number of amides is 2. The maximum atomic E-state index is 13.4. The number of aryl methyl sites for hydroxylation is 2. The number of piperidine rings is 1. The Labute approximate surface area is 198 Å². The number of halogens is 1. The lowest BCUT2D eigenvalue weighted by Gasteiger charge is -2.52. The molecule has 2 N–H and O–H groups in total. The Hall–Kier alpha value is -1.64. The van der Waals surface area contributed by atoms with Crippen LogP contribution in [-0.4, -0.2) is 73.8 Å². The lowest BCUT2D eigenvalue weighted by atomic mass is 9.80. The summed E-state index contributed by atoms with van der Waals surface area (Å²) in [6.45, 7) is 12.8. The Balaban J connectivity index is 0.00000363. The number of aromatic nitrogens is 2. The minimum atomic E-state index is -0.880. The molecule has 0 unspecified atom stereocenters. The molecule has 9 heteroatoms. The van der Waals surface area contributed by atoms with Gasteiger partial charge in [0.05, 0.1) is 11.8 Å². The zero-order chi connectivity index (χ0) is 22.9. The summed E-state index contributed by atoms with van der Waals surface area (Å²) in [5.74, 6) is -0.355. The van der Waals surface area contributed by atoms with E-state index in [1.54, 1.807) is 4.90 Å². The predicted molar refractivity (Wildman–Crippen MR) is 127 cm³/mol. The van der Waals surface area contributed by atoms with Crippen molar-refractivity contribution in [3.05, 3.63) is 17.0 Å². The average molecular weight is 470 g/mol. The minimum Gasteiger partial charge on any atom is -0.390 e. The Morgan fingerprint density at radius 2 is 1.84 bits per heavy atom. The second-order valence-electron chi connectivity index (χ2n) is 9.61. The van der Waals surface area contributed by atoms with E-state index in [-0.39, 0.29) is 30.1 Å². The molecule has 8 nitrogen and oxygen atoms in total. The summed E-state index contributed by atoms with van der Waals surface area (Å²) in [7, 11) is 1.96. The van der Waals surface area contributed by atoms with Gasteiger partial charge in [-0.25, -0.2) is 0 Å². The number of nitrogens with zero attached hydrogens (tertiary/aromatic N) is 4.